The van der Waals surface area contributed by atoms with Crippen molar-refractivity contribution in [3.63, 3.8) is 0 Å². The van der Waals surface area contributed by atoms with E-state index in [9.17, 15) is 4.39 Å². The molecule has 0 saturated carbocycles. The van der Waals surface area contributed by atoms with Gasteiger partial charge in [-0.3, -0.25) is 4.39 Å². The minimum absolute atomic E-state index is 0.165. The van der Waals surface area contributed by atoms with Crippen molar-refractivity contribution in [2.45, 2.75) is 12.8 Å². The van der Waals surface area contributed by atoms with Crippen LogP contribution in [0, 0.1) is 11.3 Å². The lowest BCUT2D eigenvalue weighted by Crippen LogP contribution is -1.96. The van der Waals surface area contributed by atoms with Gasteiger partial charge >= 0.3 is 0 Å². The number of hydrogen-bond donors (Lipinski definition) is 0. The van der Waals surface area contributed by atoms with E-state index in [1.54, 1.807) is 25.1 Å². The van der Waals surface area contributed by atoms with Crippen molar-refractivity contribution < 1.29 is 4.39 Å². The molecular weight excluding hydrogens is 177 g/mol. The zero-order valence-corrected chi connectivity index (χ0v) is 8.13. The quantitative estimate of drug-likeness (QED) is 0.715. The van der Waals surface area contributed by atoms with Crippen molar-refractivity contribution in [2.24, 2.45) is 0 Å². The molecule has 1 rings (SSSR count). The molecular formula is C12H12FN. The van der Waals surface area contributed by atoms with Gasteiger partial charge in [0, 0.05) is 5.92 Å². The lowest BCUT2D eigenvalue weighted by Gasteiger charge is -2.08. The highest BCUT2D eigenvalue weighted by molar-refractivity contribution is 5.52. The number of hydrogen-bond acceptors (Lipinski definition) is 1. The van der Waals surface area contributed by atoms with E-state index in [0.29, 0.717) is 5.56 Å². The molecule has 0 aromatic heterocycles. The second-order valence-electron chi connectivity index (χ2n) is 3.26. The molecule has 1 atom stereocenters. The van der Waals surface area contributed by atoms with Gasteiger partial charge < -0.3 is 0 Å². The normalized spacial score (nSPS) is 11.8. The Bertz CT molecular complexity index is 376. The number of nitriles is 1. The van der Waals surface area contributed by atoms with Crippen LogP contribution in [0.25, 0.3) is 6.08 Å². The minimum Gasteiger partial charge on any atom is -0.250 e. The van der Waals surface area contributed by atoms with Crippen molar-refractivity contribution in [2.75, 3.05) is 6.67 Å². The molecule has 72 valence electrons. The Morgan fingerprint density at radius 1 is 1.57 bits per heavy atom. The number of alkyl halides is 1. The van der Waals surface area contributed by atoms with Gasteiger partial charge in [0.15, 0.2) is 0 Å². The summed E-state index contributed by atoms with van der Waals surface area (Å²) in [7, 11) is 0. The van der Waals surface area contributed by atoms with Crippen molar-refractivity contribution in [1.82, 2.24) is 0 Å². The van der Waals surface area contributed by atoms with Crippen LogP contribution in [0.2, 0.25) is 0 Å². The van der Waals surface area contributed by atoms with Crippen LogP contribution in [0.3, 0.4) is 0 Å². The Morgan fingerprint density at radius 3 is 2.79 bits per heavy atom. The third-order valence-electron chi connectivity index (χ3n) is 2.14. The largest absolute Gasteiger partial charge is 0.250 e. The Labute approximate surface area is 83.5 Å². The van der Waals surface area contributed by atoms with Gasteiger partial charge in [0.1, 0.15) is 0 Å². The third kappa shape index (κ3) is 2.20. The van der Waals surface area contributed by atoms with Crippen molar-refractivity contribution >= 4 is 6.08 Å². The highest BCUT2D eigenvalue weighted by Gasteiger charge is 2.06. The molecule has 0 aliphatic heterocycles. The van der Waals surface area contributed by atoms with Crippen LogP contribution in [-0.4, -0.2) is 6.67 Å². The first-order valence-electron chi connectivity index (χ1n) is 4.44. The second kappa shape index (κ2) is 4.57. The zero-order chi connectivity index (χ0) is 10.6. The summed E-state index contributed by atoms with van der Waals surface area (Å²) in [6.45, 7) is 5.01. The fourth-order valence-electron chi connectivity index (χ4n) is 1.23. The van der Waals surface area contributed by atoms with E-state index in [4.69, 9.17) is 5.26 Å². The van der Waals surface area contributed by atoms with Gasteiger partial charge in [-0.15, -0.1) is 0 Å². The number of rotatable bonds is 3. The summed E-state index contributed by atoms with van der Waals surface area (Å²) in [6, 6.07) is 7.37. The summed E-state index contributed by atoms with van der Waals surface area (Å²) in [5.41, 5.74) is 2.26. The lowest BCUT2D eigenvalue weighted by molar-refractivity contribution is 0.447. The van der Waals surface area contributed by atoms with Gasteiger partial charge in [0.2, 0.25) is 0 Å². The Morgan fingerprint density at radius 2 is 2.29 bits per heavy atom. The molecule has 0 aliphatic carbocycles. The molecule has 0 bridgehead atoms. The molecule has 0 saturated heterocycles. The first-order chi connectivity index (χ1) is 6.71. The summed E-state index contributed by atoms with van der Waals surface area (Å²) in [5, 5.41) is 8.76. The Hall–Kier alpha value is -1.62. The average molecular weight is 189 g/mol. The van der Waals surface area contributed by atoms with Gasteiger partial charge in [-0.1, -0.05) is 25.6 Å². The molecule has 1 aromatic rings. The van der Waals surface area contributed by atoms with E-state index in [1.165, 1.54) is 0 Å². The van der Waals surface area contributed by atoms with Crippen LogP contribution < -0.4 is 0 Å². The average Bonchev–Trinajstić information content (AvgIpc) is 2.27. The Kier molecular flexibility index (Phi) is 3.41. The number of benzene rings is 1. The monoisotopic (exact) mass is 189 g/mol. The fraction of sp³-hybridized carbons (Fsp3) is 0.250. The lowest BCUT2D eigenvalue weighted by atomic mass is 9.97. The molecule has 0 aliphatic rings. The first-order valence-corrected chi connectivity index (χ1v) is 4.44. The molecule has 1 unspecified atom stereocenters. The summed E-state index contributed by atoms with van der Waals surface area (Å²) in [4.78, 5) is 0. The number of nitrogens with zero attached hydrogens (tertiary/aromatic N) is 1. The van der Waals surface area contributed by atoms with E-state index in [2.05, 4.69) is 12.6 Å². The van der Waals surface area contributed by atoms with Crippen LogP contribution in [0.15, 0.2) is 24.8 Å². The van der Waals surface area contributed by atoms with Crippen LogP contribution in [0.4, 0.5) is 4.39 Å². The first kappa shape index (κ1) is 10.5. The third-order valence-corrected chi connectivity index (χ3v) is 2.14. The van der Waals surface area contributed by atoms with E-state index in [1.807, 2.05) is 6.07 Å². The SMILES string of the molecule is C=Cc1cc(C#N)cc(C(C)CF)c1. The van der Waals surface area contributed by atoms with Gasteiger partial charge in [-0.2, -0.15) is 5.26 Å². The van der Waals surface area contributed by atoms with E-state index in [-0.39, 0.29) is 5.92 Å². The topological polar surface area (TPSA) is 23.8 Å². The summed E-state index contributed by atoms with van der Waals surface area (Å²) < 4.78 is 12.4. The highest BCUT2D eigenvalue weighted by atomic mass is 19.1. The van der Waals surface area contributed by atoms with E-state index in [0.717, 1.165) is 11.1 Å². The predicted molar refractivity (Wildman–Crippen MR) is 55.6 cm³/mol. The molecule has 0 spiro atoms. The standard InChI is InChI=1S/C12H12FN/c1-3-10-4-11(8-14)6-12(5-10)9(2)7-13/h3-6,9H,1,7H2,2H3. The summed E-state index contributed by atoms with van der Waals surface area (Å²) in [6.07, 6.45) is 1.66. The Balaban J connectivity index is 3.18. The highest BCUT2D eigenvalue weighted by Crippen LogP contribution is 2.19. The van der Waals surface area contributed by atoms with Crippen LogP contribution in [0.5, 0.6) is 0 Å². The summed E-state index contributed by atoms with van der Waals surface area (Å²) in [5.74, 6) is -0.165. The van der Waals surface area contributed by atoms with Crippen LogP contribution in [-0.2, 0) is 0 Å². The number of halogens is 1. The van der Waals surface area contributed by atoms with Crippen molar-refractivity contribution in [3.05, 3.63) is 41.5 Å². The van der Waals surface area contributed by atoms with Gasteiger partial charge in [-0.05, 0) is 23.3 Å². The van der Waals surface area contributed by atoms with E-state index >= 15 is 0 Å². The van der Waals surface area contributed by atoms with Gasteiger partial charge in [0.05, 0.1) is 18.3 Å². The smallest absolute Gasteiger partial charge is 0.0991 e. The van der Waals surface area contributed by atoms with Crippen molar-refractivity contribution in [3.8, 4) is 6.07 Å². The van der Waals surface area contributed by atoms with Gasteiger partial charge in [0.25, 0.3) is 0 Å². The molecule has 2 heteroatoms. The molecule has 0 heterocycles. The second-order valence-corrected chi connectivity index (χ2v) is 3.26. The summed E-state index contributed by atoms with van der Waals surface area (Å²) >= 11 is 0. The predicted octanol–water partition coefficient (Wildman–Crippen LogP) is 3.27. The molecule has 0 amide bonds. The molecule has 1 nitrogen and oxygen atoms in total. The molecule has 1 aromatic carbocycles. The molecule has 0 fully saturated rings. The van der Waals surface area contributed by atoms with E-state index < -0.39 is 6.67 Å². The fourth-order valence-corrected chi connectivity index (χ4v) is 1.23. The maximum absolute atomic E-state index is 12.4. The maximum atomic E-state index is 12.4. The van der Waals surface area contributed by atoms with Crippen molar-refractivity contribution in [1.29, 1.82) is 5.26 Å². The van der Waals surface area contributed by atoms with Gasteiger partial charge in [-0.25, -0.2) is 0 Å². The molecule has 0 N–H and O–H groups in total. The molecule has 0 radical (unpaired) electrons. The zero-order valence-electron chi connectivity index (χ0n) is 8.13. The minimum atomic E-state index is -0.411. The van der Waals surface area contributed by atoms with Crippen LogP contribution >= 0.6 is 0 Å². The van der Waals surface area contributed by atoms with Crippen LogP contribution in [0.1, 0.15) is 29.5 Å². The molecule has 14 heavy (non-hydrogen) atoms. The maximum Gasteiger partial charge on any atom is 0.0991 e.